The Morgan fingerprint density at radius 3 is 2.40 bits per heavy atom. The van der Waals surface area contributed by atoms with Crippen LogP contribution in [0.5, 0.6) is 5.75 Å². The first-order chi connectivity index (χ1) is 12.0. The normalized spacial score (nSPS) is 16.1. The third-order valence-electron chi connectivity index (χ3n) is 4.25. The maximum absolute atomic E-state index is 12.5. The van der Waals surface area contributed by atoms with Gasteiger partial charge in [-0.05, 0) is 50.2 Å². The number of benzene rings is 1. The predicted molar refractivity (Wildman–Crippen MR) is 86.1 cm³/mol. The van der Waals surface area contributed by atoms with E-state index in [-0.39, 0.29) is 6.61 Å². The average Bonchev–Trinajstić information content (AvgIpc) is 3.07. The van der Waals surface area contributed by atoms with E-state index in [0.29, 0.717) is 11.4 Å². The number of nitrogens with zero attached hydrogens (tertiary/aromatic N) is 4. The fraction of sp³-hybridized carbons (Fsp3) is 0.529. The van der Waals surface area contributed by atoms with Crippen molar-refractivity contribution in [2.24, 2.45) is 0 Å². The maximum atomic E-state index is 12.5. The number of hydrogen-bond acceptors (Lipinski definition) is 4. The molecule has 0 amide bonds. The van der Waals surface area contributed by atoms with Crippen LogP contribution in [0, 0.1) is 0 Å². The molecule has 1 aliphatic heterocycles. The number of alkyl halides is 3. The fourth-order valence-electron chi connectivity index (χ4n) is 2.84. The molecule has 1 aromatic heterocycles. The molecular weight excluding hydrogens is 333 g/mol. The third kappa shape index (κ3) is 5.19. The van der Waals surface area contributed by atoms with Crippen LogP contribution < -0.4 is 4.74 Å². The summed E-state index contributed by atoms with van der Waals surface area (Å²) in [4.78, 5) is 2.42. The molecule has 0 atom stereocenters. The first-order valence-corrected chi connectivity index (χ1v) is 8.42. The van der Waals surface area contributed by atoms with Crippen molar-refractivity contribution in [3.8, 4) is 5.75 Å². The lowest BCUT2D eigenvalue weighted by atomic mass is 10.1. The topological polar surface area (TPSA) is 43.2 Å². The van der Waals surface area contributed by atoms with E-state index in [0.717, 1.165) is 38.3 Å². The highest BCUT2D eigenvalue weighted by molar-refractivity contribution is 5.28. The highest BCUT2D eigenvalue weighted by atomic mass is 19.4. The van der Waals surface area contributed by atoms with Gasteiger partial charge < -0.3 is 9.64 Å². The molecule has 0 aliphatic carbocycles. The van der Waals surface area contributed by atoms with Crippen molar-refractivity contribution in [3.05, 3.63) is 41.7 Å². The smallest absolute Gasteiger partial charge is 0.416 e. The lowest BCUT2D eigenvalue weighted by Gasteiger charge is -2.25. The molecule has 1 aliphatic rings. The zero-order chi connectivity index (χ0) is 17.7. The van der Waals surface area contributed by atoms with Crippen LogP contribution in [-0.4, -0.2) is 39.5 Å². The van der Waals surface area contributed by atoms with Crippen LogP contribution in [0.3, 0.4) is 0 Å². The van der Waals surface area contributed by atoms with Crippen molar-refractivity contribution < 1.29 is 17.9 Å². The van der Waals surface area contributed by atoms with Crippen LogP contribution in [0.15, 0.2) is 30.5 Å². The minimum Gasteiger partial charge on any atom is -0.487 e. The van der Waals surface area contributed by atoms with Crippen molar-refractivity contribution >= 4 is 0 Å². The molecule has 8 heteroatoms. The van der Waals surface area contributed by atoms with Crippen LogP contribution in [0.25, 0.3) is 0 Å². The Balaban J connectivity index is 1.46. The van der Waals surface area contributed by atoms with Crippen molar-refractivity contribution in [2.75, 3.05) is 19.6 Å². The number of hydrogen-bond donors (Lipinski definition) is 0. The minimum atomic E-state index is -4.34. The van der Waals surface area contributed by atoms with E-state index in [1.807, 2.05) is 6.20 Å². The first kappa shape index (κ1) is 17.7. The number of ether oxygens (including phenoxy) is 1. The van der Waals surface area contributed by atoms with Gasteiger partial charge >= 0.3 is 6.18 Å². The Labute approximate surface area is 144 Å². The number of halogens is 3. The molecular formula is C17H21F3N4O. The van der Waals surface area contributed by atoms with Crippen LogP contribution in [0.1, 0.15) is 30.5 Å². The van der Waals surface area contributed by atoms with Gasteiger partial charge in [0.1, 0.15) is 18.1 Å². The first-order valence-electron chi connectivity index (χ1n) is 8.42. The summed E-state index contributed by atoms with van der Waals surface area (Å²) >= 11 is 0. The monoisotopic (exact) mass is 354 g/mol. The van der Waals surface area contributed by atoms with Gasteiger partial charge in [0.25, 0.3) is 0 Å². The number of rotatable bonds is 6. The summed E-state index contributed by atoms with van der Waals surface area (Å²) in [5.74, 6) is 0.371. The average molecular weight is 354 g/mol. The van der Waals surface area contributed by atoms with Crippen molar-refractivity contribution in [1.82, 2.24) is 19.9 Å². The van der Waals surface area contributed by atoms with Gasteiger partial charge in [0.15, 0.2) is 0 Å². The minimum absolute atomic E-state index is 0.176. The van der Waals surface area contributed by atoms with E-state index < -0.39 is 11.7 Å². The second-order valence-electron chi connectivity index (χ2n) is 6.19. The van der Waals surface area contributed by atoms with E-state index >= 15 is 0 Å². The Kier molecular flexibility index (Phi) is 5.57. The molecule has 25 heavy (non-hydrogen) atoms. The summed E-state index contributed by atoms with van der Waals surface area (Å²) in [5, 5.41) is 8.11. The second kappa shape index (κ2) is 7.86. The highest BCUT2D eigenvalue weighted by Crippen LogP contribution is 2.30. The van der Waals surface area contributed by atoms with Gasteiger partial charge in [-0.2, -0.15) is 13.2 Å². The van der Waals surface area contributed by atoms with Crippen LogP contribution >= 0.6 is 0 Å². The van der Waals surface area contributed by atoms with Crippen molar-refractivity contribution in [2.45, 2.75) is 38.6 Å². The molecule has 2 heterocycles. The lowest BCUT2D eigenvalue weighted by Crippen LogP contribution is -2.32. The summed E-state index contributed by atoms with van der Waals surface area (Å²) in [6.07, 6.45) is 1.29. The summed E-state index contributed by atoms with van der Waals surface area (Å²) in [7, 11) is 0. The van der Waals surface area contributed by atoms with E-state index in [2.05, 4.69) is 15.2 Å². The van der Waals surface area contributed by atoms with Gasteiger partial charge in [-0.25, -0.2) is 0 Å². The fourth-order valence-corrected chi connectivity index (χ4v) is 2.84. The molecule has 0 unspecified atom stereocenters. The standard InChI is InChI=1S/C17H21F3N4O/c18-17(19,20)14-4-6-16(7-5-14)25-13-15-12-24(22-21-15)11-10-23-8-2-1-3-9-23/h4-7,12H,1-3,8-11,13H2. The predicted octanol–water partition coefficient (Wildman–Crippen LogP) is 3.36. The zero-order valence-electron chi connectivity index (χ0n) is 13.9. The van der Waals surface area contributed by atoms with Crippen LogP contribution in [-0.2, 0) is 19.3 Å². The van der Waals surface area contributed by atoms with E-state index in [9.17, 15) is 13.2 Å². The molecule has 0 saturated carbocycles. The molecule has 0 spiro atoms. The summed E-state index contributed by atoms with van der Waals surface area (Å²) < 4.78 is 44.8. The lowest BCUT2D eigenvalue weighted by molar-refractivity contribution is -0.137. The van der Waals surface area contributed by atoms with Gasteiger partial charge in [0.2, 0.25) is 0 Å². The molecule has 136 valence electrons. The zero-order valence-corrected chi connectivity index (χ0v) is 13.9. The van der Waals surface area contributed by atoms with E-state index in [4.69, 9.17) is 4.74 Å². The molecule has 0 N–H and O–H groups in total. The van der Waals surface area contributed by atoms with Crippen molar-refractivity contribution in [1.29, 1.82) is 0 Å². The number of piperidine rings is 1. The van der Waals surface area contributed by atoms with Gasteiger partial charge in [-0.3, -0.25) is 4.68 Å². The summed E-state index contributed by atoms with van der Waals surface area (Å²) in [5.41, 5.74) is -0.0398. The Hall–Kier alpha value is -2.09. The van der Waals surface area contributed by atoms with E-state index in [1.54, 1.807) is 4.68 Å². The third-order valence-corrected chi connectivity index (χ3v) is 4.25. The van der Waals surface area contributed by atoms with Gasteiger partial charge in [-0.15, -0.1) is 5.10 Å². The maximum Gasteiger partial charge on any atom is 0.416 e. The molecule has 0 bridgehead atoms. The molecule has 1 saturated heterocycles. The largest absolute Gasteiger partial charge is 0.487 e. The molecule has 3 rings (SSSR count). The Morgan fingerprint density at radius 1 is 1.00 bits per heavy atom. The van der Waals surface area contributed by atoms with Gasteiger partial charge in [0, 0.05) is 6.54 Å². The number of likely N-dealkylation sites (tertiary alicyclic amines) is 1. The van der Waals surface area contributed by atoms with Gasteiger partial charge in [-0.1, -0.05) is 11.6 Å². The summed E-state index contributed by atoms with van der Waals surface area (Å²) in [6, 6.07) is 4.63. The van der Waals surface area contributed by atoms with E-state index in [1.165, 1.54) is 31.4 Å². The Morgan fingerprint density at radius 2 is 1.72 bits per heavy atom. The molecule has 2 aromatic rings. The molecule has 0 radical (unpaired) electrons. The quantitative estimate of drug-likeness (QED) is 0.798. The molecule has 1 fully saturated rings. The molecule has 5 nitrogen and oxygen atoms in total. The van der Waals surface area contributed by atoms with Gasteiger partial charge in [0.05, 0.1) is 18.3 Å². The SMILES string of the molecule is FC(F)(F)c1ccc(OCc2cn(CCN3CCCCC3)nn2)cc1. The Bertz CT molecular complexity index is 663. The second-order valence-corrected chi connectivity index (χ2v) is 6.19. The van der Waals surface area contributed by atoms with Crippen LogP contribution in [0.4, 0.5) is 13.2 Å². The van der Waals surface area contributed by atoms with Crippen molar-refractivity contribution in [3.63, 3.8) is 0 Å². The number of aromatic nitrogens is 3. The molecule has 1 aromatic carbocycles. The summed E-state index contributed by atoms with van der Waals surface area (Å²) in [6.45, 7) is 4.17. The highest BCUT2D eigenvalue weighted by Gasteiger charge is 2.30. The van der Waals surface area contributed by atoms with Crippen LogP contribution in [0.2, 0.25) is 0 Å².